The fourth-order valence-electron chi connectivity index (χ4n) is 0.223. The molecule has 48 valence electrons. The van der Waals surface area contributed by atoms with Gasteiger partial charge in [0.1, 0.15) is 17.7 Å². The Bertz CT molecular complexity index is 200. The number of rotatable bonds is 1. The molecule has 5 heteroatoms. The maximum absolute atomic E-state index is 8.23. The Hall–Kier alpha value is 1.06. The van der Waals surface area contributed by atoms with Gasteiger partial charge in [0.2, 0.25) is 0 Å². The molecule has 0 aliphatic heterocycles. The smallest absolute Gasteiger partial charge is 1.00 e. The molecule has 0 unspecified atom stereocenters. The number of hydrogen-bond acceptors (Lipinski definition) is 4. The van der Waals surface area contributed by atoms with Crippen molar-refractivity contribution in [1.29, 1.82) is 10.5 Å². The van der Waals surface area contributed by atoms with E-state index in [-0.39, 0.29) is 58.4 Å². The van der Waals surface area contributed by atoms with Crippen molar-refractivity contribution < 1.29 is 52.8 Å². The first-order valence-corrected chi connectivity index (χ1v) is 3.71. The van der Waals surface area contributed by atoms with Gasteiger partial charge in [-0.2, -0.15) is 10.5 Å². The summed E-state index contributed by atoms with van der Waals surface area (Å²) in [6.07, 6.45) is 1.76. The van der Waals surface area contributed by atoms with Gasteiger partial charge in [0.15, 0.2) is 0 Å². The fraction of sp³-hybridized carbons (Fsp3) is 0.200. The van der Waals surface area contributed by atoms with Crippen molar-refractivity contribution in [3.05, 3.63) is 9.81 Å². The Balaban J connectivity index is -0.000000320. The van der Waals surface area contributed by atoms with Gasteiger partial charge >= 0.3 is 51.4 Å². The number of thioether (sulfide) groups is 1. The monoisotopic (exact) mass is 196 g/mol. The Morgan fingerprint density at radius 2 is 1.90 bits per heavy atom. The second-order valence-electron chi connectivity index (χ2n) is 1.11. The number of nitriles is 2. The van der Waals surface area contributed by atoms with Gasteiger partial charge < -0.3 is 1.43 Å². The third-order valence-electron chi connectivity index (χ3n) is 0.631. The second-order valence-corrected chi connectivity index (χ2v) is 2.67. The van der Waals surface area contributed by atoms with Crippen molar-refractivity contribution in [3.63, 3.8) is 0 Å². The van der Waals surface area contributed by atoms with E-state index in [9.17, 15) is 0 Å². The maximum atomic E-state index is 8.23. The Morgan fingerprint density at radius 3 is 2.00 bits per heavy atom. The molecule has 0 bridgehead atoms. The van der Waals surface area contributed by atoms with Gasteiger partial charge in [-0.15, -0.1) is 24.4 Å². The summed E-state index contributed by atoms with van der Waals surface area (Å²) in [4.78, 5) is 0. The first-order valence-electron chi connectivity index (χ1n) is 2.03. The van der Waals surface area contributed by atoms with Gasteiger partial charge in [-0.25, -0.2) is 0 Å². The molecule has 0 aromatic rings. The summed E-state index contributed by atoms with van der Waals surface area (Å²) in [6, 6.07) is 3.45. The minimum Gasteiger partial charge on any atom is -1.00 e. The van der Waals surface area contributed by atoms with Crippen LogP contribution in [0.15, 0.2) is 9.81 Å². The van der Waals surface area contributed by atoms with E-state index >= 15 is 0 Å². The van der Waals surface area contributed by atoms with Crippen molar-refractivity contribution in [3.8, 4) is 12.1 Å². The van der Waals surface area contributed by atoms with Gasteiger partial charge in [0.25, 0.3) is 0 Å². The molecule has 0 amide bonds. The molecule has 0 atom stereocenters. The summed E-state index contributed by atoms with van der Waals surface area (Å²) in [5.74, 6) is 0. The molecule has 0 saturated heterocycles. The number of allylic oxidation sites excluding steroid dienone is 1. The van der Waals surface area contributed by atoms with E-state index < -0.39 is 0 Å². The molecular formula is C5H5KN2S2. The largest absolute Gasteiger partial charge is 1.00 e. The molecule has 0 N–H and O–H groups in total. The van der Waals surface area contributed by atoms with Crippen LogP contribution in [0, 0.1) is 22.7 Å². The SMILES string of the molecule is CSC(S)=C(C#N)C#N.[H-].[K+]. The average Bonchev–Trinajstić information content (AvgIpc) is 1.90. The summed E-state index contributed by atoms with van der Waals surface area (Å²) in [5, 5.41) is 16.5. The quantitative estimate of drug-likeness (QED) is 0.321. The Morgan fingerprint density at radius 1 is 1.50 bits per heavy atom. The summed E-state index contributed by atoms with van der Waals surface area (Å²) < 4.78 is 0.472. The molecular weight excluding hydrogens is 191 g/mol. The molecule has 0 radical (unpaired) electrons. The molecule has 0 fully saturated rings. The van der Waals surface area contributed by atoms with Crippen LogP contribution in [-0.2, 0) is 0 Å². The third-order valence-corrected chi connectivity index (χ3v) is 1.99. The van der Waals surface area contributed by atoms with E-state index in [2.05, 4.69) is 12.6 Å². The minimum absolute atomic E-state index is 0. The summed E-state index contributed by atoms with van der Waals surface area (Å²) in [7, 11) is 0. The van der Waals surface area contributed by atoms with Crippen molar-refractivity contribution in [2.24, 2.45) is 0 Å². The molecule has 0 heterocycles. The van der Waals surface area contributed by atoms with Crippen LogP contribution < -0.4 is 51.4 Å². The van der Waals surface area contributed by atoms with Gasteiger partial charge in [-0.05, 0) is 6.26 Å². The summed E-state index contributed by atoms with van der Waals surface area (Å²) in [5.41, 5.74) is 0.0748. The topological polar surface area (TPSA) is 47.6 Å². The Kier molecular flexibility index (Phi) is 11.1. The van der Waals surface area contributed by atoms with E-state index in [4.69, 9.17) is 10.5 Å². The van der Waals surface area contributed by atoms with Crippen LogP contribution in [0.2, 0.25) is 0 Å². The number of hydrogen-bond donors (Lipinski definition) is 1. The van der Waals surface area contributed by atoms with Crippen molar-refractivity contribution in [2.75, 3.05) is 6.26 Å². The van der Waals surface area contributed by atoms with Crippen LogP contribution in [0.1, 0.15) is 1.43 Å². The number of nitrogens with zero attached hydrogens (tertiary/aromatic N) is 2. The van der Waals surface area contributed by atoms with Crippen LogP contribution in [0.4, 0.5) is 0 Å². The van der Waals surface area contributed by atoms with E-state index in [1.165, 1.54) is 11.8 Å². The maximum Gasteiger partial charge on any atom is 1.00 e. The summed E-state index contributed by atoms with van der Waals surface area (Å²) >= 11 is 5.16. The van der Waals surface area contributed by atoms with Crippen LogP contribution in [-0.4, -0.2) is 6.26 Å². The molecule has 0 saturated carbocycles. The molecule has 0 aromatic carbocycles. The standard InChI is InChI=1S/C5H4N2S2.K.H/c1-9-5(8)4(2-6)3-7;;/h8H,1H3;;/q;+1;-1. The first kappa shape index (κ1) is 13.6. The first-order chi connectivity index (χ1) is 4.26. The summed E-state index contributed by atoms with van der Waals surface area (Å²) in [6.45, 7) is 0. The van der Waals surface area contributed by atoms with Crippen molar-refractivity contribution in [2.45, 2.75) is 0 Å². The zero-order valence-corrected chi connectivity index (χ0v) is 10.6. The zero-order valence-electron chi connectivity index (χ0n) is 6.75. The van der Waals surface area contributed by atoms with Gasteiger partial charge in [-0.3, -0.25) is 0 Å². The second kappa shape index (κ2) is 8.16. The normalized spacial score (nSPS) is 6.40. The van der Waals surface area contributed by atoms with E-state index in [1.807, 2.05) is 0 Å². The molecule has 10 heavy (non-hydrogen) atoms. The van der Waals surface area contributed by atoms with Crippen molar-refractivity contribution >= 4 is 24.4 Å². The van der Waals surface area contributed by atoms with Crippen molar-refractivity contribution in [1.82, 2.24) is 0 Å². The zero-order chi connectivity index (χ0) is 7.28. The van der Waals surface area contributed by atoms with E-state index in [0.29, 0.717) is 4.24 Å². The van der Waals surface area contributed by atoms with Crippen LogP contribution in [0.3, 0.4) is 0 Å². The van der Waals surface area contributed by atoms with Gasteiger partial charge in [0.05, 0.1) is 4.24 Å². The van der Waals surface area contributed by atoms with Gasteiger partial charge in [0, 0.05) is 0 Å². The van der Waals surface area contributed by atoms with Crippen LogP contribution in [0.25, 0.3) is 0 Å². The van der Waals surface area contributed by atoms with E-state index in [0.717, 1.165) is 0 Å². The minimum atomic E-state index is 0. The predicted molar refractivity (Wildman–Crippen MR) is 41.9 cm³/mol. The average molecular weight is 196 g/mol. The van der Waals surface area contributed by atoms with Gasteiger partial charge in [-0.1, -0.05) is 0 Å². The molecule has 2 nitrogen and oxygen atoms in total. The molecule has 0 rings (SSSR count). The molecule has 0 aliphatic rings. The number of thiol groups is 1. The molecule has 0 spiro atoms. The Labute approximate surface area is 114 Å². The molecule has 0 aromatic heterocycles. The van der Waals surface area contributed by atoms with Crippen LogP contribution in [0.5, 0.6) is 0 Å². The molecule has 0 aliphatic carbocycles. The third kappa shape index (κ3) is 4.81. The predicted octanol–water partition coefficient (Wildman–Crippen LogP) is -1.35. The fourth-order valence-corrected chi connectivity index (χ4v) is 0.618. The van der Waals surface area contributed by atoms with Crippen LogP contribution >= 0.6 is 24.4 Å². The van der Waals surface area contributed by atoms with E-state index in [1.54, 1.807) is 18.4 Å².